The molecule has 1 amide bonds. The second-order valence-corrected chi connectivity index (χ2v) is 5.41. The molecule has 22 heavy (non-hydrogen) atoms. The number of esters is 1. The molecule has 0 aliphatic heterocycles. The predicted molar refractivity (Wildman–Crippen MR) is 84.4 cm³/mol. The van der Waals surface area contributed by atoms with E-state index in [0.29, 0.717) is 0 Å². The van der Waals surface area contributed by atoms with Gasteiger partial charge >= 0.3 is 5.97 Å². The number of hydrogen-bond donors (Lipinski definition) is 2. The number of nitrogens with one attached hydrogen (secondary N) is 1. The van der Waals surface area contributed by atoms with Gasteiger partial charge in [0.25, 0.3) is 0 Å². The van der Waals surface area contributed by atoms with Crippen LogP contribution in [0.4, 0.5) is 0 Å². The molecule has 0 radical (unpaired) electrons. The maximum atomic E-state index is 12.0. The van der Waals surface area contributed by atoms with Gasteiger partial charge in [0.1, 0.15) is 0 Å². The fourth-order valence-corrected chi connectivity index (χ4v) is 2.12. The number of hydrogen-bond acceptors (Lipinski definition) is 4. The highest BCUT2D eigenvalue weighted by molar-refractivity contribution is 5.86. The van der Waals surface area contributed by atoms with Crippen molar-refractivity contribution in [3.63, 3.8) is 0 Å². The zero-order valence-electron chi connectivity index (χ0n) is 13.5. The average molecular weight is 307 g/mol. The summed E-state index contributed by atoms with van der Waals surface area (Å²) in [7, 11) is 1.22. The summed E-state index contributed by atoms with van der Waals surface area (Å²) in [6.07, 6.45) is 2.49. The number of aliphatic hydroxyl groups excluding tert-OH is 1. The number of rotatable bonds is 8. The Balaban J connectivity index is 2.58. The van der Waals surface area contributed by atoms with Crippen LogP contribution in [0.3, 0.4) is 0 Å². The van der Waals surface area contributed by atoms with Crippen molar-refractivity contribution in [2.75, 3.05) is 7.11 Å². The Bertz CT molecular complexity index is 482. The molecular formula is C17H25NO4. The molecule has 1 rings (SSSR count). The number of amides is 1. The van der Waals surface area contributed by atoms with Gasteiger partial charge in [-0.2, -0.15) is 0 Å². The van der Waals surface area contributed by atoms with E-state index in [1.807, 2.05) is 24.3 Å². The summed E-state index contributed by atoms with van der Waals surface area (Å²) in [4.78, 5) is 23.5. The lowest BCUT2D eigenvalue weighted by Crippen LogP contribution is -2.48. The van der Waals surface area contributed by atoms with Gasteiger partial charge in [-0.15, -0.1) is 0 Å². The molecule has 2 atom stereocenters. The fraction of sp³-hybridized carbons (Fsp3) is 0.529. The molecule has 0 fully saturated rings. The van der Waals surface area contributed by atoms with E-state index in [-0.39, 0.29) is 12.3 Å². The van der Waals surface area contributed by atoms with Crippen molar-refractivity contribution in [3.8, 4) is 0 Å². The first-order valence-corrected chi connectivity index (χ1v) is 7.61. The lowest BCUT2D eigenvalue weighted by atomic mass is 10.0. The van der Waals surface area contributed by atoms with Crippen LogP contribution in [-0.2, 0) is 27.2 Å². The molecule has 0 unspecified atom stereocenters. The second kappa shape index (κ2) is 9.20. The molecule has 5 nitrogen and oxygen atoms in total. The lowest BCUT2D eigenvalue weighted by molar-refractivity contribution is -0.148. The highest BCUT2D eigenvalue weighted by Gasteiger charge is 2.26. The van der Waals surface area contributed by atoms with Crippen LogP contribution in [-0.4, -0.2) is 36.2 Å². The number of carbonyl (C=O) groups excluding carboxylic acids is 2. The SMILES string of the molecule is CCCCc1ccc(CC(=O)N[C@H](C(=O)OC)[C@@H](C)O)cc1. The summed E-state index contributed by atoms with van der Waals surface area (Å²) in [5.41, 5.74) is 2.12. The number of methoxy groups -OCH3 is 1. The molecule has 122 valence electrons. The zero-order chi connectivity index (χ0) is 16.5. The molecule has 0 bridgehead atoms. The molecule has 0 heterocycles. The maximum Gasteiger partial charge on any atom is 0.331 e. The van der Waals surface area contributed by atoms with Gasteiger partial charge in [-0.05, 0) is 30.9 Å². The molecular weight excluding hydrogens is 282 g/mol. The predicted octanol–water partition coefficient (Wildman–Crippen LogP) is 1.61. The van der Waals surface area contributed by atoms with Crippen molar-refractivity contribution >= 4 is 11.9 Å². The second-order valence-electron chi connectivity index (χ2n) is 5.41. The van der Waals surface area contributed by atoms with Crippen LogP contribution >= 0.6 is 0 Å². The standard InChI is InChI=1S/C17H25NO4/c1-4-5-6-13-7-9-14(10-8-13)11-15(20)18-16(12(2)19)17(21)22-3/h7-10,12,16,19H,4-6,11H2,1-3H3,(H,18,20)/t12-,16+/m1/s1. The molecule has 5 heteroatoms. The number of carbonyl (C=O) groups is 2. The number of aliphatic hydroxyl groups is 1. The molecule has 2 N–H and O–H groups in total. The number of aryl methyl sites for hydroxylation is 1. The first kappa shape index (κ1) is 18.2. The van der Waals surface area contributed by atoms with E-state index in [2.05, 4.69) is 17.0 Å². The summed E-state index contributed by atoms with van der Waals surface area (Å²) in [6, 6.07) is 6.83. The molecule has 0 saturated carbocycles. The Morgan fingerprint density at radius 3 is 2.32 bits per heavy atom. The van der Waals surface area contributed by atoms with Gasteiger partial charge in [-0.3, -0.25) is 4.79 Å². The van der Waals surface area contributed by atoms with Crippen LogP contribution < -0.4 is 5.32 Å². The van der Waals surface area contributed by atoms with Crippen molar-refractivity contribution in [3.05, 3.63) is 35.4 Å². The normalized spacial score (nSPS) is 13.3. The minimum Gasteiger partial charge on any atom is -0.467 e. The molecule has 0 aromatic heterocycles. The van der Waals surface area contributed by atoms with Crippen molar-refractivity contribution in [2.45, 2.75) is 51.7 Å². The third-order valence-electron chi connectivity index (χ3n) is 3.46. The maximum absolute atomic E-state index is 12.0. The lowest BCUT2D eigenvalue weighted by Gasteiger charge is -2.18. The highest BCUT2D eigenvalue weighted by Crippen LogP contribution is 2.09. The first-order valence-electron chi connectivity index (χ1n) is 7.61. The van der Waals surface area contributed by atoms with E-state index in [4.69, 9.17) is 0 Å². The zero-order valence-corrected chi connectivity index (χ0v) is 13.5. The minimum atomic E-state index is -1.04. The van der Waals surface area contributed by atoms with Crippen LogP contribution in [0.5, 0.6) is 0 Å². The summed E-state index contributed by atoms with van der Waals surface area (Å²) >= 11 is 0. The van der Waals surface area contributed by atoms with Crippen LogP contribution in [0.15, 0.2) is 24.3 Å². The van der Waals surface area contributed by atoms with Crippen molar-refractivity contribution < 1.29 is 19.4 Å². The van der Waals surface area contributed by atoms with E-state index >= 15 is 0 Å². The van der Waals surface area contributed by atoms with Gasteiger partial charge in [0.2, 0.25) is 5.91 Å². The average Bonchev–Trinajstić information content (AvgIpc) is 2.51. The molecule has 1 aromatic rings. The van der Waals surface area contributed by atoms with Crippen molar-refractivity contribution in [2.24, 2.45) is 0 Å². The Labute approximate surface area is 131 Å². The topological polar surface area (TPSA) is 75.6 Å². The van der Waals surface area contributed by atoms with E-state index in [1.54, 1.807) is 0 Å². The van der Waals surface area contributed by atoms with Crippen molar-refractivity contribution in [1.82, 2.24) is 5.32 Å². The van der Waals surface area contributed by atoms with Gasteiger partial charge < -0.3 is 15.2 Å². The van der Waals surface area contributed by atoms with Gasteiger partial charge in [-0.25, -0.2) is 4.79 Å². The van der Waals surface area contributed by atoms with Crippen LogP contribution in [0.25, 0.3) is 0 Å². The monoisotopic (exact) mass is 307 g/mol. The van der Waals surface area contributed by atoms with Crippen LogP contribution in [0.2, 0.25) is 0 Å². The van der Waals surface area contributed by atoms with E-state index in [9.17, 15) is 14.7 Å². The third-order valence-corrected chi connectivity index (χ3v) is 3.46. The number of benzene rings is 1. The number of ether oxygens (including phenoxy) is 1. The summed E-state index contributed by atoms with van der Waals surface area (Å²) < 4.78 is 4.56. The molecule has 0 spiro atoms. The molecule has 0 aliphatic rings. The quantitative estimate of drug-likeness (QED) is 0.716. The summed E-state index contributed by atoms with van der Waals surface area (Å²) in [6.45, 7) is 3.59. The molecule has 1 aromatic carbocycles. The van der Waals surface area contributed by atoms with Gasteiger partial charge in [0, 0.05) is 0 Å². The fourth-order valence-electron chi connectivity index (χ4n) is 2.12. The summed E-state index contributed by atoms with van der Waals surface area (Å²) in [5, 5.41) is 12.0. The van der Waals surface area contributed by atoms with Gasteiger partial charge in [0.05, 0.1) is 19.6 Å². The Morgan fingerprint density at radius 1 is 1.23 bits per heavy atom. The third kappa shape index (κ3) is 5.85. The van der Waals surface area contributed by atoms with E-state index < -0.39 is 18.1 Å². The number of unbranched alkanes of at least 4 members (excludes halogenated alkanes) is 1. The van der Waals surface area contributed by atoms with E-state index in [0.717, 1.165) is 24.8 Å². The smallest absolute Gasteiger partial charge is 0.331 e. The Morgan fingerprint density at radius 2 is 1.82 bits per heavy atom. The largest absolute Gasteiger partial charge is 0.467 e. The van der Waals surface area contributed by atoms with Crippen molar-refractivity contribution in [1.29, 1.82) is 0 Å². The van der Waals surface area contributed by atoms with Crippen LogP contribution in [0, 0.1) is 0 Å². The minimum absolute atomic E-state index is 0.161. The highest BCUT2D eigenvalue weighted by atomic mass is 16.5. The van der Waals surface area contributed by atoms with E-state index in [1.165, 1.54) is 19.6 Å². The Hall–Kier alpha value is -1.88. The van der Waals surface area contributed by atoms with Crippen LogP contribution in [0.1, 0.15) is 37.8 Å². The van der Waals surface area contributed by atoms with Gasteiger partial charge in [0.15, 0.2) is 6.04 Å². The molecule has 0 saturated heterocycles. The molecule has 0 aliphatic carbocycles. The van der Waals surface area contributed by atoms with Gasteiger partial charge in [-0.1, -0.05) is 37.6 Å². The summed E-state index contributed by atoms with van der Waals surface area (Å²) in [5.74, 6) is -0.976. The Kier molecular flexibility index (Phi) is 7.60. The first-order chi connectivity index (χ1) is 10.5.